The first-order chi connectivity index (χ1) is 10.8. The summed E-state index contributed by atoms with van der Waals surface area (Å²) >= 11 is 0. The summed E-state index contributed by atoms with van der Waals surface area (Å²) in [6.45, 7) is 0.729. The summed E-state index contributed by atoms with van der Waals surface area (Å²) < 4.78 is 0. The second kappa shape index (κ2) is 6.27. The number of carbonyl (C=O) groups is 1. The molecule has 1 aromatic heterocycles. The van der Waals surface area contributed by atoms with Gasteiger partial charge in [-0.05, 0) is 37.1 Å². The lowest BCUT2D eigenvalue weighted by Crippen LogP contribution is -2.47. The van der Waals surface area contributed by atoms with Gasteiger partial charge in [0, 0.05) is 18.4 Å². The number of nitriles is 1. The highest BCUT2D eigenvalue weighted by Gasteiger charge is 2.29. The fraction of sp³-hybridized carbons (Fsp3) is 0.235. The third-order valence-electron chi connectivity index (χ3n) is 3.72. The van der Waals surface area contributed by atoms with Crippen molar-refractivity contribution in [2.45, 2.75) is 18.9 Å². The van der Waals surface area contributed by atoms with Crippen molar-refractivity contribution >= 4 is 17.4 Å². The van der Waals surface area contributed by atoms with E-state index in [4.69, 9.17) is 5.26 Å². The number of benzene rings is 1. The first kappa shape index (κ1) is 14.1. The van der Waals surface area contributed by atoms with Gasteiger partial charge in [-0.15, -0.1) is 0 Å². The number of pyridine rings is 1. The molecule has 0 saturated carbocycles. The molecular weight excluding hydrogens is 276 g/mol. The molecule has 2 aromatic rings. The molecule has 5 nitrogen and oxygen atoms in total. The average Bonchev–Trinajstić information content (AvgIpc) is 2.58. The molecule has 22 heavy (non-hydrogen) atoms. The van der Waals surface area contributed by atoms with Crippen LogP contribution < -0.4 is 10.2 Å². The molecule has 0 unspecified atom stereocenters. The molecule has 0 spiro atoms. The molecule has 1 amide bonds. The predicted molar refractivity (Wildman–Crippen MR) is 84.4 cm³/mol. The second-order valence-corrected chi connectivity index (χ2v) is 5.21. The Bertz CT molecular complexity index is 708. The number of nitrogens with one attached hydrogen (secondary N) is 1. The van der Waals surface area contributed by atoms with Gasteiger partial charge in [0.25, 0.3) is 0 Å². The molecular formula is C17H16N4O. The topological polar surface area (TPSA) is 69.0 Å². The van der Waals surface area contributed by atoms with E-state index in [0.717, 1.165) is 25.1 Å². The Morgan fingerprint density at radius 2 is 2.09 bits per heavy atom. The zero-order valence-electron chi connectivity index (χ0n) is 12.1. The van der Waals surface area contributed by atoms with E-state index in [2.05, 4.69) is 16.4 Å². The second-order valence-electron chi connectivity index (χ2n) is 5.21. The van der Waals surface area contributed by atoms with Gasteiger partial charge in [0.2, 0.25) is 5.91 Å². The van der Waals surface area contributed by atoms with Crippen LogP contribution in [0.15, 0.2) is 48.7 Å². The number of piperidine rings is 1. The largest absolute Gasteiger partial charge is 0.358 e. The lowest BCUT2D eigenvalue weighted by molar-refractivity contribution is -0.120. The van der Waals surface area contributed by atoms with E-state index in [9.17, 15) is 4.79 Å². The van der Waals surface area contributed by atoms with Gasteiger partial charge in [-0.25, -0.2) is 4.98 Å². The Morgan fingerprint density at radius 3 is 2.86 bits per heavy atom. The van der Waals surface area contributed by atoms with Gasteiger partial charge in [0.05, 0.1) is 11.6 Å². The van der Waals surface area contributed by atoms with E-state index in [-0.39, 0.29) is 11.9 Å². The summed E-state index contributed by atoms with van der Waals surface area (Å²) in [6, 6.07) is 14.7. The zero-order chi connectivity index (χ0) is 15.4. The van der Waals surface area contributed by atoms with Crippen molar-refractivity contribution in [2.24, 2.45) is 0 Å². The molecule has 3 rings (SSSR count). The third-order valence-corrected chi connectivity index (χ3v) is 3.72. The number of carbonyl (C=O) groups excluding carboxylic acids is 1. The molecule has 1 fully saturated rings. The normalized spacial score (nSPS) is 17.9. The van der Waals surface area contributed by atoms with Gasteiger partial charge in [-0.3, -0.25) is 4.79 Å². The number of anilines is 2. The number of nitrogens with zero attached hydrogens (tertiary/aromatic N) is 3. The van der Waals surface area contributed by atoms with Gasteiger partial charge in [0.1, 0.15) is 11.9 Å². The maximum Gasteiger partial charge on any atom is 0.249 e. The number of hydrogen-bond donors (Lipinski definition) is 1. The Labute approximate surface area is 129 Å². The van der Waals surface area contributed by atoms with E-state index in [0.29, 0.717) is 11.4 Å². The van der Waals surface area contributed by atoms with Crippen LogP contribution in [-0.2, 0) is 4.79 Å². The predicted octanol–water partition coefficient (Wildman–Crippen LogP) is 2.56. The smallest absolute Gasteiger partial charge is 0.249 e. The van der Waals surface area contributed by atoms with Gasteiger partial charge in [-0.2, -0.15) is 5.26 Å². The quantitative estimate of drug-likeness (QED) is 0.944. The Morgan fingerprint density at radius 1 is 1.27 bits per heavy atom. The van der Waals surface area contributed by atoms with Crippen molar-refractivity contribution in [1.29, 1.82) is 5.26 Å². The maximum atomic E-state index is 12.7. The SMILES string of the molecule is N#Cc1ccnc(N[C@H]2CCCN(c3ccccc3)C2=O)c1. The molecule has 1 N–H and O–H groups in total. The summed E-state index contributed by atoms with van der Waals surface area (Å²) in [5.74, 6) is 0.605. The Kier molecular flexibility index (Phi) is 4.01. The summed E-state index contributed by atoms with van der Waals surface area (Å²) in [6.07, 6.45) is 3.26. The fourth-order valence-corrected chi connectivity index (χ4v) is 2.63. The molecule has 0 radical (unpaired) electrons. The molecule has 0 aliphatic carbocycles. The highest BCUT2D eigenvalue weighted by Crippen LogP contribution is 2.22. The number of aromatic nitrogens is 1. The van der Waals surface area contributed by atoms with Crippen molar-refractivity contribution < 1.29 is 4.79 Å². The van der Waals surface area contributed by atoms with E-state index in [1.54, 1.807) is 23.2 Å². The van der Waals surface area contributed by atoms with Crippen LogP contribution in [0.1, 0.15) is 18.4 Å². The van der Waals surface area contributed by atoms with Gasteiger partial charge >= 0.3 is 0 Å². The lowest BCUT2D eigenvalue weighted by Gasteiger charge is -2.32. The molecule has 2 heterocycles. The molecule has 110 valence electrons. The summed E-state index contributed by atoms with van der Waals surface area (Å²) in [7, 11) is 0. The van der Waals surface area contributed by atoms with E-state index in [1.807, 2.05) is 30.3 Å². The van der Waals surface area contributed by atoms with Crippen LogP contribution in [0.3, 0.4) is 0 Å². The van der Waals surface area contributed by atoms with Crippen LogP contribution in [-0.4, -0.2) is 23.5 Å². The standard InChI is InChI=1S/C17H16N4O/c18-12-13-8-9-19-16(11-13)20-15-7-4-10-21(17(15)22)14-5-2-1-3-6-14/h1-3,5-6,8-9,11,15H,4,7,10H2,(H,19,20)/t15-/m0/s1. The van der Waals surface area contributed by atoms with E-state index >= 15 is 0 Å². The highest BCUT2D eigenvalue weighted by molar-refractivity contribution is 5.99. The van der Waals surface area contributed by atoms with E-state index < -0.39 is 0 Å². The van der Waals surface area contributed by atoms with Crippen LogP contribution in [0.4, 0.5) is 11.5 Å². The van der Waals surface area contributed by atoms with Crippen molar-refractivity contribution in [3.05, 3.63) is 54.2 Å². The average molecular weight is 292 g/mol. The molecule has 1 aliphatic rings. The molecule has 1 aromatic carbocycles. The molecule has 1 aliphatic heterocycles. The van der Waals surface area contributed by atoms with Crippen LogP contribution in [0.5, 0.6) is 0 Å². The van der Waals surface area contributed by atoms with Crippen molar-refractivity contribution in [1.82, 2.24) is 4.98 Å². The lowest BCUT2D eigenvalue weighted by atomic mass is 10.0. The fourth-order valence-electron chi connectivity index (χ4n) is 2.63. The highest BCUT2D eigenvalue weighted by atomic mass is 16.2. The maximum absolute atomic E-state index is 12.7. The van der Waals surface area contributed by atoms with Crippen LogP contribution in [0, 0.1) is 11.3 Å². The number of hydrogen-bond acceptors (Lipinski definition) is 4. The van der Waals surface area contributed by atoms with Crippen molar-refractivity contribution in [3.8, 4) is 6.07 Å². The molecule has 0 bridgehead atoms. The number of para-hydroxylation sites is 1. The molecule has 1 atom stereocenters. The minimum atomic E-state index is -0.310. The van der Waals surface area contributed by atoms with Crippen molar-refractivity contribution in [2.75, 3.05) is 16.8 Å². The summed E-state index contributed by atoms with van der Waals surface area (Å²) in [5, 5.41) is 12.1. The Balaban J connectivity index is 1.77. The van der Waals surface area contributed by atoms with Crippen molar-refractivity contribution in [3.63, 3.8) is 0 Å². The summed E-state index contributed by atoms with van der Waals surface area (Å²) in [4.78, 5) is 18.6. The zero-order valence-corrected chi connectivity index (χ0v) is 12.1. The monoisotopic (exact) mass is 292 g/mol. The van der Waals surface area contributed by atoms with Crippen LogP contribution in [0.25, 0.3) is 0 Å². The van der Waals surface area contributed by atoms with Crippen LogP contribution >= 0.6 is 0 Å². The molecule has 1 saturated heterocycles. The van der Waals surface area contributed by atoms with Gasteiger partial charge in [0.15, 0.2) is 0 Å². The third kappa shape index (κ3) is 2.91. The molecule has 5 heteroatoms. The number of amides is 1. The Hall–Kier alpha value is -2.87. The first-order valence-electron chi connectivity index (χ1n) is 7.27. The summed E-state index contributed by atoms with van der Waals surface area (Å²) in [5.41, 5.74) is 1.44. The van der Waals surface area contributed by atoms with E-state index in [1.165, 1.54) is 0 Å². The first-order valence-corrected chi connectivity index (χ1v) is 7.27. The number of rotatable bonds is 3. The van der Waals surface area contributed by atoms with Crippen LogP contribution in [0.2, 0.25) is 0 Å². The minimum absolute atomic E-state index is 0.0432. The minimum Gasteiger partial charge on any atom is -0.358 e. The van der Waals surface area contributed by atoms with Gasteiger partial charge < -0.3 is 10.2 Å². The van der Waals surface area contributed by atoms with Gasteiger partial charge in [-0.1, -0.05) is 18.2 Å².